The Morgan fingerprint density at radius 2 is 2.08 bits per heavy atom. The van der Waals surface area contributed by atoms with Gasteiger partial charge in [-0.3, -0.25) is 14.7 Å². The van der Waals surface area contributed by atoms with E-state index in [0.29, 0.717) is 22.0 Å². The molecule has 0 bridgehead atoms. The van der Waals surface area contributed by atoms with Gasteiger partial charge in [-0.25, -0.2) is 9.59 Å². The van der Waals surface area contributed by atoms with E-state index in [1.807, 2.05) is 0 Å². The van der Waals surface area contributed by atoms with E-state index in [1.54, 1.807) is 12.1 Å². The number of hydrogen-bond acceptors (Lipinski definition) is 4. The Balaban J connectivity index is 1.63. The van der Waals surface area contributed by atoms with Crippen LogP contribution < -0.4 is 16.4 Å². The SMILES string of the molecule is C[C@H]1CCCC[C@@H]1NC(=O)NC(=O)Cn1c(=O)oc2cc(Cl)ccc21. The van der Waals surface area contributed by atoms with E-state index in [0.717, 1.165) is 23.8 Å². The smallest absolute Gasteiger partial charge is 0.408 e. The third-order valence-electron chi connectivity index (χ3n) is 4.61. The molecule has 3 rings (SSSR count). The minimum Gasteiger partial charge on any atom is -0.408 e. The van der Waals surface area contributed by atoms with Crippen LogP contribution in [0.2, 0.25) is 5.02 Å². The molecule has 1 aliphatic rings. The van der Waals surface area contributed by atoms with Crippen LogP contribution in [0, 0.1) is 5.92 Å². The van der Waals surface area contributed by atoms with Crippen molar-refractivity contribution in [3.05, 3.63) is 33.8 Å². The molecule has 0 saturated heterocycles. The summed E-state index contributed by atoms with van der Waals surface area (Å²) in [4.78, 5) is 36.0. The van der Waals surface area contributed by atoms with Crippen LogP contribution in [-0.4, -0.2) is 22.5 Å². The number of imide groups is 1. The van der Waals surface area contributed by atoms with E-state index in [1.165, 1.54) is 12.5 Å². The first-order chi connectivity index (χ1) is 11.9. The Hall–Kier alpha value is -2.28. The highest BCUT2D eigenvalue weighted by molar-refractivity contribution is 6.31. The monoisotopic (exact) mass is 365 g/mol. The average molecular weight is 366 g/mol. The Bertz CT molecular complexity index is 857. The van der Waals surface area contributed by atoms with E-state index in [4.69, 9.17) is 16.0 Å². The van der Waals surface area contributed by atoms with Gasteiger partial charge >= 0.3 is 11.8 Å². The Morgan fingerprint density at radius 3 is 2.84 bits per heavy atom. The van der Waals surface area contributed by atoms with Gasteiger partial charge in [0.15, 0.2) is 5.58 Å². The normalized spacial score (nSPS) is 20.4. The number of rotatable bonds is 3. The number of carbonyl (C=O) groups excluding carboxylic acids is 2. The van der Waals surface area contributed by atoms with Crippen molar-refractivity contribution in [1.82, 2.24) is 15.2 Å². The molecule has 2 aromatic rings. The van der Waals surface area contributed by atoms with Gasteiger partial charge in [-0.1, -0.05) is 31.4 Å². The van der Waals surface area contributed by atoms with Gasteiger partial charge in [-0.05, 0) is 30.9 Å². The molecule has 1 heterocycles. The van der Waals surface area contributed by atoms with E-state index in [-0.39, 0.29) is 12.6 Å². The van der Waals surface area contributed by atoms with Crippen molar-refractivity contribution in [2.24, 2.45) is 5.92 Å². The third kappa shape index (κ3) is 4.04. The maximum Gasteiger partial charge on any atom is 0.420 e. The fourth-order valence-corrected chi connectivity index (χ4v) is 3.40. The summed E-state index contributed by atoms with van der Waals surface area (Å²) in [6, 6.07) is 4.24. The van der Waals surface area contributed by atoms with Crippen molar-refractivity contribution in [2.75, 3.05) is 0 Å². The second-order valence-corrected chi connectivity index (χ2v) is 6.89. The molecule has 25 heavy (non-hydrogen) atoms. The number of nitrogens with one attached hydrogen (secondary N) is 2. The molecule has 1 saturated carbocycles. The number of carbonyl (C=O) groups is 2. The van der Waals surface area contributed by atoms with Crippen molar-refractivity contribution in [1.29, 1.82) is 0 Å². The number of oxazole rings is 1. The summed E-state index contributed by atoms with van der Waals surface area (Å²) >= 11 is 5.86. The van der Waals surface area contributed by atoms with E-state index < -0.39 is 17.7 Å². The maximum absolute atomic E-state index is 12.1. The Labute approximate surface area is 149 Å². The van der Waals surface area contributed by atoms with Crippen molar-refractivity contribution in [3.63, 3.8) is 0 Å². The highest BCUT2D eigenvalue weighted by atomic mass is 35.5. The third-order valence-corrected chi connectivity index (χ3v) is 4.85. The van der Waals surface area contributed by atoms with Gasteiger partial charge in [0.2, 0.25) is 5.91 Å². The molecule has 0 spiro atoms. The molecule has 2 N–H and O–H groups in total. The molecule has 134 valence electrons. The summed E-state index contributed by atoms with van der Waals surface area (Å²) in [7, 11) is 0. The highest BCUT2D eigenvalue weighted by Gasteiger charge is 2.23. The molecule has 1 fully saturated rings. The van der Waals surface area contributed by atoms with Crippen LogP contribution in [-0.2, 0) is 11.3 Å². The number of benzene rings is 1. The summed E-state index contributed by atoms with van der Waals surface area (Å²) in [6.07, 6.45) is 4.22. The van der Waals surface area contributed by atoms with Crippen LogP contribution in [0.4, 0.5) is 4.79 Å². The molecule has 1 aromatic carbocycles. The quantitative estimate of drug-likeness (QED) is 0.874. The van der Waals surface area contributed by atoms with Crippen molar-refractivity contribution < 1.29 is 14.0 Å². The van der Waals surface area contributed by atoms with Crippen molar-refractivity contribution in [3.8, 4) is 0 Å². The highest BCUT2D eigenvalue weighted by Crippen LogP contribution is 2.23. The molecular formula is C17H20ClN3O4. The molecule has 8 heteroatoms. The van der Waals surface area contributed by atoms with Crippen LogP contribution in [0.3, 0.4) is 0 Å². The van der Waals surface area contributed by atoms with Gasteiger partial charge in [0.1, 0.15) is 6.54 Å². The number of nitrogens with zero attached hydrogens (tertiary/aromatic N) is 1. The molecule has 2 atom stereocenters. The van der Waals surface area contributed by atoms with E-state index >= 15 is 0 Å². The Morgan fingerprint density at radius 1 is 1.32 bits per heavy atom. The molecule has 1 aliphatic carbocycles. The van der Waals surface area contributed by atoms with Crippen LogP contribution in [0.15, 0.2) is 27.4 Å². The van der Waals surface area contributed by atoms with Crippen LogP contribution in [0.5, 0.6) is 0 Å². The lowest BCUT2D eigenvalue weighted by Gasteiger charge is -2.29. The summed E-state index contributed by atoms with van der Waals surface area (Å²) in [6.45, 7) is 1.79. The molecule has 0 aliphatic heterocycles. The maximum atomic E-state index is 12.1. The van der Waals surface area contributed by atoms with Gasteiger partial charge in [-0.2, -0.15) is 0 Å². The van der Waals surface area contributed by atoms with Crippen molar-refractivity contribution in [2.45, 2.75) is 45.2 Å². The molecule has 3 amide bonds. The number of hydrogen-bond donors (Lipinski definition) is 2. The number of fused-ring (bicyclic) bond motifs is 1. The predicted octanol–water partition coefficient (Wildman–Crippen LogP) is 2.65. The molecule has 7 nitrogen and oxygen atoms in total. The molecular weight excluding hydrogens is 346 g/mol. The van der Waals surface area contributed by atoms with Crippen molar-refractivity contribution >= 4 is 34.6 Å². The van der Waals surface area contributed by atoms with Gasteiger partial charge < -0.3 is 9.73 Å². The van der Waals surface area contributed by atoms with Crippen LogP contribution in [0.1, 0.15) is 32.6 Å². The standard InChI is InChI=1S/C17H20ClN3O4/c1-10-4-2-3-5-12(10)19-16(23)20-15(22)9-21-13-7-6-11(18)8-14(13)25-17(21)24/h6-8,10,12H,2-5,9H2,1H3,(H2,19,20,22,23)/t10-,12-/m0/s1. The second kappa shape index (κ2) is 7.31. The largest absolute Gasteiger partial charge is 0.420 e. The van der Waals surface area contributed by atoms with Gasteiger partial charge in [0.25, 0.3) is 0 Å². The first-order valence-electron chi connectivity index (χ1n) is 8.33. The number of halogens is 1. The summed E-state index contributed by atoms with van der Waals surface area (Å²) in [5, 5.41) is 5.54. The molecule has 1 aromatic heterocycles. The van der Waals surface area contributed by atoms with E-state index in [9.17, 15) is 14.4 Å². The van der Waals surface area contributed by atoms with E-state index in [2.05, 4.69) is 17.6 Å². The zero-order chi connectivity index (χ0) is 18.0. The lowest BCUT2D eigenvalue weighted by molar-refractivity contribution is -0.120. The predicted molar refractivity (Wildman–Crippen MR) is 93.6 cm³/mol. The fourth-order valence-electron chi connectivity index (χ4n) is 3.23. The van der Waals surface area contributed by atoms with Gasteiger partial charge in [0.05, 0.1) is 5.52 Å². The van der Waals surface area contributed by atoms with Gasteiger partial charge in [0, 0.05) is 17.1 Å². The van der Waals surface area contributed by atoms with Crippen LogP contribution >= 0.6 is 11.6 Å². The minimum absolute atomic E-state index is 0.0705. The Kier molecular flexibility index (Phi) is 5.13. The lowest BCUT2D eigenvalue weighted by Crippen LogP contribution is -2.48. The topological polar surface area (TPSA) is 93.3 Å². The fraction of sp³-hybridized carbons (Fsp3) is 0.471. The summed E-state index contributed by atoms with van der Waals surface area (Å²) < 4.78 is 6.23. The second-order valence-electron chi connectivity index (χ2n) is 6.46. The van der Waals surface area contributed by atoms with Gasteiger partial charge in [-0.15, -0.1) is 0 Å². The lowest BCUT2D eigenvalue weighted by atomic mass is 9.86. The number of amides is 3. The first kappa shape index (κ1) is 17.5. The number of urea groups is 1. The van der Waals surface area contributed by atoms with Crippen LogP contribution in [0.25, 0.3) is 11.1 Å². The zero-order valence-corrected chi connectivity index (χ0v) is 14.6. The average Bonchev–Trinajstić information content (AvgIpc) is 2.84. The summed E-state index contributed by atoms with van der Waals surface area (Å²) in [5.74, 6) is -0.866. The first-order valence-corrected chi connectivity index (χ1v) is 8.71. The molecule has 0 radical (unpaired) electrons. The number of aromatic nitrogens is 1. The minimum atomic E-state index is -0.672. The molecule has 0 unspecified atom stereocenters. The summed E-state index contributed by atoms with van der Waals surface area (Å²) in [5.41, 5.74) is 0.747. The zero-order valence-electron chi connectivity index (χ0n) is 13.9.